The molecule has 2 aromatic carbocycles. The van der Waals surface area contributed by atoms with E-state index in [1.165, 1.54) is 13.3 Å². The molecule has 2 N–H and O–H groups in total. The van der Waals surface area contributed by atoms with E-state index in [4.69, 9.17) is 16.3 Å². The Morgan fingerprint density at radius 1 is 1.12 bits per heavy atom. The monoisotopic (exact) mass is 565 g/mol. The lowest BCUT2D eigenvalue weighted by Crippen LogP contribution is -2.49. The normalized spacial score (nSPS) is 18.0. The molecule has 1 heterocycles. The van der Waals surface area contributed by atoms with Gasteiger partial charge in [0.15, 0.2) is 5.78 Å². The van der Waals surface area contributed by atoms with Crippen LogP contribution in [0.1, 0.15) is 67.4 Å². The van der Waals surface area contributed by atoms with Crippen LogP contribution in [0.5, 0.6) is 0 Å². The van der Waals surface area contributed by atoms with E-state index in [-0.39, 0.29) is 18.3 Å². The second kappa shape index (κ2) is 13.6. The molecule has 1 saturated heterocycles. The summed E-state index contributed by atoms with van der Waals surface area (Å²) < 4.78 is 6.20. The van der Waals surface area contributed by atoms with Crippen LogP contribution in [0.25, 0.3) is 0 Å². The van der Waals surface area contributed by atoms with Crippen LogP contribution in [0.4, 0.5) is 11.4 Å². The summed E-state index contributed by atoms with van der Waals surface area (Å²) in [5.74, 6) is 5.84. The van der Waals surface area contributed by atoms with Crippen molar-refractivity contribution in [2.24, 2.45) is 0 Å². The Labute approximate surface area is 242 Å². The van der Waals surface area contributed by atoms with Gasteiger partial charge in [0.1, 0.15) is 5.60 Å². The van der Waals surface area contributed by atoms with Crippen molar-refractivity contribution in [1.82, 2.24) is 4.90 Å². The van der Waals surface area contributed by atoms with Crippen LogP contribution in [0, 0.1) is 18.8 Å². The van der Waals surface area contributed by atoms with Gasteiger partial charge in [-0.15, -0.1) is 5.92 Å². The second-order valence-electron chi connectivity index (χ2n) is 10.8. The predicted octanol–water partition coefficient (Wildman–Crippen LogP) is 5.06. The van der Waals surface area contributed by atoms with E-state index in [0.29, 0.717) is 47.0 Å². The number of amides is 1. The quantitative estimate of drug-likeness (QED) is 0.327. The molecule has 4 rings (SSSR count). The van der Waals surface area contributed by atoms with Gasteiger partial charge in [-0.2, -0.15) is 0 Å². The third-order valence-electron chi connectivity index (χ3n) is 7.80. The minimum atomic E-state index is -0.593. The molecule has 40 heavy (non-hydrogen) atoms. The molecule has 214 valence electrons. The zero-order chi connectivity index (χ0) is 28.7. The molecule has 0 spiro atoms. The van der Waals surface area contributed by atoms with E-state index in [1.807, 2.05) is 38.1 Å². The number of benzene rings is 2. The van der Waals surface area contributed by atoms with Gasteiger partial charge in [0, 0.05) is 45.2 Å². The number of ketones is 1. The fraction of sp³-hybridized carbons (Fsp3) is 0.500. The molecule has 1 amide bonds. The van der Waals surface area contributed by atoms with E-state index in [9.17, 15) is 14.7 Å². The van der Waals surface area contributed by atoms with Crippen molar-refractivity contribution in [1.29, 1.82) is 0 Å². The van der Waals surface area contributed by atoms with Crippen LogP contribution in [0.3, 0.4) is 0 Å². The summed E-state index contributed by atoms with van der Waals surface area (Å²) in [6.45, 7) is 8.78. The topological polar surface area (TPSA) is 82.1 Å². The lowest BCUT2D eigenvalue weighted by atomic mass is 9.85. The summed E-state index contributed by atoms with van der Waals surface area (Å²) in [6.07, 6.45) is 4.69. The van der Waals surface area contributed by atoms with Crippen molar-refractivity contribution in [2.75, 3.05) is 49.5 Å². The van der Waals surface area contributed by atoms with Crippen LogP contribution in [-0.2, 0) is 9.53 Å². The first kappa shape index (κ1) is 30.1. The van der Waals surface area contributed by atoms with Crippen molar-refractivity contribution in [3.63, 3.8) is 0 Å². The van der Waals surface area contributed by atoms with Gasteiger partial charge in [-0.1, -0.05) is 54.3 Å². The van der Waals surface area contributed by atoms with E-state index in [1.54, 1.807) is 12.1 Å². The summed E-state index contributed by atoms with van der Waals surface area (Å²) in [7, 11) is 0. The van der Waals surface area contributed by atoms with E-state index in [2.05, 4.69) is 27.0 Å². The highest BCUT2D eigenvalue weighted by atomic mass is 35.5. The third-order valence-corrected chi connectivity index (χ3v) is 8.28. The van der Waals surface area contributed by atoms with Gasteiger partial charge < -0.3 is 20.1 Å². The van der Waals surface area contributed by atoms with Crippen molar-refractivity contribution in [3.05, 3.63) is 58.1 Å². The molecule has 1 aliphatic heterocycles. The van der Waals surface area contributed by atoms with Gasteiger partial charge in [-0.3, -0.25) is 14.5 Å². The van der Waals surface area contributed by atoms with E-state index < -0.39 is 11.7 Å². The number of hydrogen-bond donors (Lipinski definition) is 2. The highest BCUT2D eigenvalue weighted by Crippen LogP contribution is 2.38. The van der Waals surface area contributed by atoms with Crippen molar-refractivity contribution in [3.8, 4) is 11.8 Å². The summed E-state index contributed by atoms with van der Waals surface area (Å²) in [5.41, 5.74) is 2.40. The maximum Gasteiger partial charge on any atom is 0.221 e. The van der Waals surface area contributed by atoms with Gasteiger partial charge in [0.25, 0.3) is 0 Å². The molecule has 1 saturated carbocycles. The molecular weight excluding hydrogens is 526 g/mol. The Morgan fingerprint density at radius 2 is 1.80 bits per heavy atom. The number of halogens is 1. The number of ether oxygens (including phenoxy) is 1. The number of nitrogens with zero attached hydrogens (tertiary/aromatic N) is 2. The minimum absolute atomic E-state index is 0.184. The number of carbonyl (C=O) groups excluding carboxylic acids is 2. The van der Waals surface area contributed by atoms with Crippen LogP contribution in [0.2, 0.25) is 5.02 Å². The zero-order valence-corrected chi connectivity index (χ0v) is 24.5. The number of aliphatic hydroxyl groups is 1. The number of anilines is 2. The molecule has 0 aromatic heterocycles. The summed E-state index contributed by atoms with van der Waals surface area (Å²) >= 11 is 6.86. The SMILES string of the molecule is CC#CC1(OCC(O)CN2CCN(c3cc(NC(C)=O)c(C(=O)c4ccccc4)c(C)c3Cl)CC2)CCCCC1. The smallest absolute Gasteiger partial charge is 0.221 e. The molecule has 0 radical (unpaired) electrons. The summed E-state index contributed by atoms with van der Waals surface area (Å²) in [6, 6.07) is 10.8. The molecule has 8 heteroatoms. The molecule has 1 aliphatic carbocycles. The lowest BCUT2D eigenvalue weighted by molar-refractivity contribution is -0.114. The largest absolute Gasteiger partial charge is 0.389 e. The molecule has 2 aromatic rings. The summed E-state index contributed by atoms with van der Waals surface area (Å²) in [5, 5.41) is 14.1. The summed E-state index contributed by atoms with van der Waals surface area (Å²) in [4.78, 5) is 29.8. The number of carbonyl (C=O) groups is 2. The number of nitrogens with one attached hydrogen (secondary N) is 1. The van der Waals surface area contributed by atoms with Crippen molar-refractivity contribution >= 4 is 34.7 Å². The fourth-order valence-corrected chi connectivity index (χ4v) is 6.02. The highest BCUT2D eigenvalue weighted by Gasteiger charge is 2.32. The van der Waals surface area contributed by atoms with Crippen LogP contribution >= 0.6 is 11.6 Å². The van der Waals surface area contributed by atoms with E-state index >= 15 is 0 Å². The number of piperazine rings is 1. The number of rotatable bonds is 9. The van der Waals surface area contributed by atoms with Crippen LogP contribution in [0.15, 0.2) is 36.4 Å². The Morgan fingerprint density at radius 3 is 2.42 bits per heavy atom. The van der Waals surface area contributed by atoms with Gasteiger partial charge in [-0.05, 0) is 51.2 Å². The Hall–Kier alpha value is -2.89. The Bertz CT molecular complexity index is 1260. The van der Waals surface area contributed by atoms with E-state index in [0.717, 1.165) is 44.5 Å². The molecule has 1 unspecified atom stereocenters. The number of aliphatic hydroxyl groups excluding tert-OH is 1. The van der Waals surface area contributed by atoms with Crippen molar-refractivity contribution in [2.45, 2.75) is 64.6 Å². The molecule has 2 aliphatic rings. The molecule has 2 fully saturated rings. The maximum absolute atomic E-state index is 13.4. The standard InChI is InChI=1S/C32H40ClN3O4/c1-4-13-32(14-9-6-10-15-32)40-22-26(38)21-35-16-18-36(19-17-35)28-20-27(34-24(3)37)29(23(2)30(28)33)31(39)25-11-7-5-8-12-25/h5,7-8,11-12,20,26,38H,6,9-10,14-19,21-22H2,1-3H3,(H,34,37). The van der Waals surface area contributed by atoms with Crippen molar-refractivity contribution < 1.29 is 19.4 Å². The second-order valence-corrected chi connectivity index (χ2v) is 11.2. The van der Waals surface area contributed by atoms with Gasteiger partial charge in [-0.25, -0.2) is 0 Å². The third kappa shape index (κ3) is 7.24. The lowest BCUT2D eigenvalue weighted by Gasteiger charge is -2.38. The average molecular weight is 566 g/mol. The van der Waals surface area contributed by atoms with Crippen LogP contribution in [-0.4, -0.2) is 72.7 Å². The fourth-order valence-electron chi connectivity index (χ4n) is 5.75. The average Bonchev–Trinajstić information content (AvgIpc) is 2.95. The molecule has 7 nitrogen and oxygen atoms in total. The molecule has 1 atom stereocenters. The van der Waals surface area contributed by atoms with Crippen LogP contribution < -0.4 is 10.2 Å². The zero-order valence-electron chi connectivity index (χ0n) is 23.8. The van der Waals surface area contributed by atoms with Gasteiger partial charge >= 0.3 is 0 Å². The number of β-amino-alcohol motifs (C(OH)–C–C–N with tert-alkyl or cyclic N) is 1. The Balaban J connectivity index is 1.42. The van der Waals surface area contributed by atoms with Gasteiger partial charge in [0.05, 0.1) is 34.7 Å². The highest BCUT2D eigenvalue weighted by molar-refractivity contribution is 6.35. The maximum atomic E-state index is 13.4. The molecular formula is C32H40ClN3O4. The Kier molecular flexibility index (Phi) is 10.3. The predicted molar refractivity (Wildman–Crippen MR) is 160 cm³/mol. The first-order chi connectivity index (χ1) is 19.2. The minimum Gasteiger partial charge on any atom is -0.389 e. The van der Waals surface area contributed by atoms with Gasteiger partial charge in [0.2, 0.25) is 5.91 Å². The number of hydrogen-bond acceptors (Lipinski definition) is 6. The first-order valence-corrected chi connectivity index (χ1v) is 14.5. The first-order valence-electron chi connectivity index (χ1n) is 14.2. The molecule has 0 bridgehead atoms.